The van der Waals surface area contributed by atoms with Gasteiger partial charge in [-0.25, -0.2) is 4.39 Å². The van der Waals surface area contributed by atoms with Gasteiger partial charge in [0.05, 0.1) is 12.8 Å². The number of hydrogen-bond donors (Lipinski definition) is 0. The van der Waals surface area contributed by atoms with Crippen LogP contribution in [0, 0.1) is 12.7 Å². The fourth-order valence-electron chi connectivity index (χ4n) is 2.57. The van der Waals surface area contributed by atoms with Gasteiger partial charge in [-0.2, -0.15) is 4.99 Å². The third-order valence-corrected chi connectivity index (χ3v) is 4.90. The summed E-state index contributed by atoms with van der Waals surface area (Å²) in [5.74, 6) is 0.0942. The summed E-state index contributed by atoms with van der Waals surface area (Å²) in [6.45, 7) is 1.96. The van der Waals surface area contributed by atoms with Crippen molar-refractivity contribution in [2.75, 3.05) is 7.11 Å². The number of hydrogen-bond acceptors (Lipinski definition) is 3. The minimum absolute atomic E-state index is 0.279. The van der Waals surface area contributed by atoms with Crippen LogP contribution in [0.25, 0.3) is 11.3 Å². The lowest BCUT2D eigenvalue weighted by Crippen LogP contribution is -2.14. The molecule has 128 valence electrons. The average Bonchev–Trinajstić information content (AvgIpc) is 2.89. The number of aryl methyl sites for hydroxylation is 1. The lowest BCUT2D eigenvalue weighted by atomic mass is 10.1. The molecular formula is C19H17FN2O2S. The third-order valence-electron chi connectivity index (χ3n) is 3.85. The lowest BCUT2D eigenvalue weighted by Gasteiger charge is -2.04. The maximum Gasteiger partial charge on any atom is 0.279 e. The zero-order valence-corrected chi connectivity index (χ0v) is 14.9. The Morgan fingerprint density at radius 3 is 2.36 bits per heavy atom. The van der Waals surface area contributed by atoms with Gasteiger partial charge in [0.2, 0.25) is 0 Å². The SMILES string of the molecule is COc1ccc(C(=O)N=c2sc(C)c(-c3ccc(F)cc3)n2C)cc1. The molecule has 0 N–H and O–H groups in total. The van der Waals surface area contributed by atoms with Gasteiger partial charge in [-0.15, -0.1) is 11.3 Å². The maximum atomic E-state index is 13.1. The summed E-state index contributed by atoms with van der Waals surface area (Å²) in [6, 6.07) is 13.1. The number of carbonyl (C=O) groups excluding carboxylic acids is 1. The minimum Gasteiger partial charge on any atom is -0.497 e. The molecule has 1 amide bonds. The highest BCUT2D eigenvalue weighted by Crippen LogP contribution is 2.24. The zero-order valence-electron chi connectivity index (χ0n) is 14.1. The van der Waals surface area contributed by atoms with Gasteiger partial charge < -0.3 is 9.30 Å². The molecule has 0 unspecified atom stereocenters. The molecule has 4 nitrogen and oxygen atoms in total. The molecule has 0 atom stereocenters. The molecule has 1 heterocycles. The van der Waals surface area contributed by atoms with Crippen molar-refractivity contribution in [3.8, 4) is 17.0 Å². The standard InChI is InChI=1S/C19H17FN2O2S/c1-12-17(13-4-8-15(20)9-5-13)22(2)19(25-12)21-18(23)14-6-10-16(24-3)11-7-14/h4-11H,1-3H3. The van der Waals surface area contributed by atoms with Crippen LogP contribution in [-0.2, 0) is 7.05 Å². The Morgan fingerprint density at radius 1 is 1.12 bits per heavy atom. The first kappa shape index (κ1) is 17.1. The fraction of sp³-hybridized carbons (Fsp3) is 0.158. The van der Waals surface area contributed by atoms with Gasteiger partial charge in [-0.3, -0.25) is 4.79 Å². The number of aromatic nitrogens is 1. The Hall–Kier alpha value is -2.73. The summed E-state index contributed by atoms with van der Waals surface area (Å²) in [7, 11) is 3.43. The van der Waals surface area contributed by atoms with Crippen molar-refractivity contribution in [1.29, 1.82) is 0 Å². The Kier molecular flexibility index (Phi) is 4.81. The largest absolute Gasteiger partial charge is 0.497 e. The second-order valence-electron chi connectivity index (χ2n) is 5.50. The van der Waals surface area contributed by atoms with E-state index in [2.05, 4.69) is 4.99 Å². The molecule has 0 spiro atoms. The number of benzene rings is 2. The van der Waals surface area contributed by atoms with E-state index in [4.69, 9.17) is 4.74 Å². The first-order chi connectivity index (χ1) is 12.0. The van der Waals surface area contributed by atoms with Crippen molar-refractivity contribution >= 4 is 17.2 Å². The highest BCUT2D eigenvalue weighted by molar-refractivity contribution is 7.09. The Labute approximate surface area is 148 Å². The second-order valence-corrected chi connectivity index (χ2v) is 6.68. The van der Waals surface area contributed by atoms with E-state index in [9.17, 15) is 9.18 Å². The maximum absolute atomic E-state index is 13.1. The number of carbonyl (C=O) groups is 1. The van der Waals surface area contributed by atoms with Crippen LogP contribution in [-0.4, -0.2) is 17.6 Å². The van der Waals surface area contributed by atoms with E-state index >= 15 is 0 Å². The van der Waals surface area contributed by atoms with Crippen molar-refractivity contribution in [1.82, 2.24) is 4.57 Å². The topological polar surface area (TPSA) is 43.6 Å². The van der Waals surface area contributed by atoms with Crippen molar-refractivity contribution in [2.24, 2.45) is 12.0 Å². The summed E-state index contributed by atoms with van der Waals surface area (Å²) in [6.07, 6.45) is 0. The molecule has 0 saturated heterocycles. The third kappa shape index (κ3) is 3.53. The average molecular weight is 356 g/mol. The molecule has 1 aromatic heterocycles. The summed E-state index contributed by atoms with van der Waals surface area (Å²) in [4.78, 5) is 18.2. The number of ether oxygens (including phenoxy) is 1. The number of halogens is 1. The van der Waals surface area contributed by atoms with Crippen molar-refractivity contribution in [3.05, 3.63) is 69.6 Å². The van der Waals surface area contributed by atoms with Crippen LogP contribution in [0.15, 0.2) is 53.5 Å². The Balaban J connectivity index is 1.99. The van der Waals surface area contributed by atoms with Gasteiger partial charge in [-0.05, 0) is 61.0 Å². The molecule has 3 rings (SSSR count). The van der Waals surface area contributed by atoms with Crippen LogP contribution >= 0.6 is 11.3 Å². The summed E-state index contributed by atoms with van der Waals surface area (Å²) in [5.41, 5.74) is 2.30. The monoisotopic (exact) mass is 356 g/mol. The molecule has 0 fully saturated rings. The molecule has 6 heteroatoms. The highest BCUT2D eigenvalue weighted by Gasteiger charge is 2.12. The van der Waals surface area contributed by atoms with Crippen LogP contribution < -0.4 is 9.54 Å². The first-order valence-corrected chi connectivity index (χ1v) is 8.46. The van der Waals surface area contributed by atoms with Gasteiger partial charge in [-0.1, -0.05) is 0 Å². The lowest BCUT2D eigenvalue weighted by molar-refractivity contribution is 0.0998. The van der Waals surface area contributed by atoms with Crippen molar-refractivity contribution in [3.63, 3.8) is 0 Å². The number of rotatable bonds is 3. The molecule has 3 aromatic rings. The smallest absolute Gasteiger partial charge is 0.279 e. The number of nitrogens with zero attached hydrogens (tertiary/aromatic N) is 2. The van der Waals surface area contributed by atoms with Crippen molar-refractivity contribution < 1.29 is 13.9 Å². The van der Waals surface area contributed by atoms with Gasteiger partial charge in [0.1, 0.15) is 11.6 Å². The van der Waals surface area contributed by atoms with Crippen LogP contribution in [0.1, 0.15) is 15.2 Å². The molecule has 0 bridgehead atoms. The van der Waals surface area contributed by atoms with Crippen LogP contribution in [0.5, 0.6) is 5.75 Å². The Morgan fingerprint density at radius 2 is 1.76 bits per heavy atom. The number of thiazole rings is 1. The molecule has 0 aliphatic carbocycles. The molecule has 25 heavy (non-hydrogen) atoms. The van der Waals surface area contributed by atoms with Gasteiger partial charge in [0, 0.05) is 17.5 Å². The van der Waals surface area contributed by atoms with E-state index < -0.39 is 0 Å². The van der Waals surface area contributed by atoms with Gasteiger partial charge >= 0.3 is 0 Å². The van der Waals surface area contributed by atoms with E-state index in [1.807, 2.05) is 18.5 Å². The molecule has 0 saturated carbocycles. The van der Waals surface area contributed by atoms with Crippen LogP contribution in [0.3, 0.4) is 0 Å². The zero-order chi connectivity index (χ0) is 18.0. The molecule has 0 radical (unpaired) electrons. The van der Waals surface area contributed by atoms with Gasteiger partial charge in [0.25, 0.3) is 5.91 Å². The van der Waals surface area contributed by atoms with Crippen LogP contribution in [0.2, 0.25) is 0 Å². The molecule has 2 aromatic carbocycles. The van der Waals surface area contributed by atoms with E-state index in [-0.39, 0.29) is 11.7 Å². The first-order valence-electron chi connectivity index (χ1n) is 7.65. The van der Waals surface area contributed by atoms with E-state index in [1.165, 1.54) is 23.5 Å². The molecular weight excluding hydrogens is 339 g/mol. The van der Waals surface area contributed by atoms with E-state index in [0.29, 0.717) is 16.1 Å². The molecule has 0 aliphatic heterocycles. The predicted molar refractivity (Wildman–Crippen MR) is 96.3 cm³/mol. The normalized spacial score (nSPS) is 11.6. The van der Waals surface area contributed by atoms with Crippen molar-refractivity contribution in [2.45, 2.75) is 6.92 Å². The van der Waals surface area contributed by atoms with Crippen LogP contribution in [0.4, 0.5) is 4.39 Å². The summed E-state index contributed by atoms with van der Waals surface area (Å²) < 4.78 is 20.1. The second kappa shape index (κ2) is 7.03. The molecule has 0 aliphatic rings. The Bertz CT molecular complexity index is 970. The van der Waals surface area contributed by atoms with E-state index in [0.717, 1.165) is 16.1 Å². The highest BCUT2D eigenvalue weighted by atomic mass is 32.1. The number of amides is 1. The predicted octanol–water partition coefficient (Wildman–Crippen LogP) is 3.95. The fourth-order valence-corrected chi connectivity index (χ4v) is 3.56. The minimum atomic E-state index is -0.315. The quantitative estimate of drug-likeness (QED) is 0.713. The number of methoxy groups -OCH3 is 1. The van der Waals surface area contributed by atoms with E-state index in [1.54, 1.807) is 43.5 Å². The summed E-state index contributed by atoms with van der Waals surface area (Å²) in [5, 5.41) is 0. The summed E-state index contributed by atoms with van der Waals surface area (Å²) >= 11 is 1.43. The van der Waals surface area contributed by atoms with Gasteiger partial charge in [0.15, 0.2) is 4.80 Å².